The van der Waals surface area contributed by atoms with Crippen molar-refractivity contribution in [1.29, 1.82) is 0 Å². The van der Waals surface area contributed by atoms with E-state index in [1.165, 1.54) is 35.2 Å². The molecule has 0 spiro atoms. The molecular formula is C25H22F4N4NaO6P. The molecule has 212 valence electrons. The molecule has 1 fully saturated rings. The molecule has 1 unspecified atom stereocenters. The first kappa shape index (κ1) is 31.4. The van der Waals surface area contributed by atoms with Gasteiger partial charge in [-0.3, -0.25) is 13.9 Å². The maximum absolute atomic E-state index is 14.5. The van der Waals surface area contributed by atoms with Crippen molar-refractivity contribution in [2.45, 2.75) is 19.5 Å². The monoisotopic (exact) mass is 604 g/mol. The zero-order valence-electron chi connectivity index (χ0n) is 21.7. The summed E-state index contributed by atoms with van der Waals surface area (Å²) in [5.74, 6) is -1.45. The average molecular weight is 604 g/mol. The average Bonchev–Trinajstić information content (AvgIpc) is 3.27. The minimum absolute atomic E-state index is 0. The van der Waals surface area contributed by atoms with Crippen molar-refractivity contribution < 1.29 is 70.7 Å². The molecule has 1 saturated heterocycles. The molecule has 0 radical (unpaired) electrons. The molecule has 1 atom stereocenters. The van der Waals surface area contributed by atoms with Crippen molar-refractivity contribution in [2.24, 2.45) is 0 Å². The molecule has 0 saturated carbocycles. The Bertz CT molecular complexity index is 1670. The number of phosphoric ester groups is 1. The Balaban J connectivity index is 0.00000387. The fraction of sp³-hybridized carbons (Fsp3) is 0.280. The smallest absolute Gasteiger partial charge is 0.756 e. The number of rotatable bonds is 7. The molecule has 4 heterocycles. The molecule has 5 rings (SSSR count). The van der Waals surface area contributed by atoms with E-state index >= 15 is 0 Å². The predicted molar refractivity (Wildman–Crippen MR) is 134 cm³/mol. The number of hydrogen-bond acceptors (Lipinski definition) is 7. The Labute approximate surface area is 252 Å². The summed E-state index contributed by atoms with van der Waals surface area (Å²) < 4.78 is 77.4. The van der Waals surface area contributed by atoms with Crippen molar-refractivity contribution in [1.82, 2.24) is 14.1 Å². The summed E-state index contributed by atoms with van der Waals surface area (Å²) in [6.45, 7) is 1.29. The van der Waals surface area contributed by atoms with Crippen LogP contribution in [0.3, 0.4) is 0 Å². The number of halogens is 4. The van der Waals surface area contributed by atoms with Crippen LogP contribution in [0.4, 0.5) is 23.2 Å². The van der Waals surface area contributed by atoms with Gasteiger partial charge in [0.05, 0.1) is 37.2 Å². The number of morpholine rings is 1. The van der Waals surface area contributed by atoms with Crippen molar-refractivity contribution in [3.05, 3.63) is 82.3 Å². The van der Waals surface area contributed by atoms with E-state index < -0.39 is 44.2 Å². The predicted octanol–water partition coefficient (Wildman–Crippen LogP) is 0.347. The quantitative estimate of drug-likeness (QED) is 0.182. The van der Waals surface area contributed by atoms with Crippen molar-refractivity contribution >= 4 is 24.5 Å². The summed E-state index contributed by atoms with van der Waals surface area (Å²) in [5, 5.41) is 0.548. The van der Waals surface area contributed by atoms with Gasteiger partial charge < -0.3 is 28.6 Å². The van der Waals surface area contributed by atoms with Crippen LogP contribution in [0.5, 0.6) is 0 Å². The van der Waals surface area contributed by atoms with E-state index in [0.29, 0.717) is 54.5 Å². The largest absolute Gasteiger partial charge is 1.00 e. The van der Waals surface area contributed by atoms with Gasteiger partial charge in [-0.05, 0) is 23.8 Å². The fourth-order valence-corrected chi connectivity index (χ4v) is 4.80. The Kier molecular flexibility index (Phi) is 9.46. The number of fused-ring (bicyclic) bond motifs is 1. The third-order valence-corrected chi connectivity index (χ3v) is 6.91. The first-order chi connectivity index (χ1) is 18.9. The Hall–Kier alpha value is -2.55. The van der Waals surface area contributed by atoms with Crippen LogP contribution in [0.25, 0.3) is 22.2 Å². The van der Waals surface area contributed by atoms with Crippen LogP contribution in [0.15, 0.2) is 59.8 Å². The zero-order chi connectivity index (χ0) is 28.7. The van der Waals surface area contributed by atoms with E-state index in [2.05, 4.69) is 14.4 Å². The second-order valence-corrected chi connectivity index (χ2v) is 10.3. The molecule has 1 aliphatic rings. The summed E-state index contributed by atoms with van der Waals surface area (Å²) in [7, 11) is -5.04. The van der Waals surface area contributed by atoms with Gasteiger partial charge in [-0.25, -0.2) is 9.37 Å². The Morgan fingerprint density at radius 1 is 1.15 bits per heavy atom. The van der Waals surface area contributed by atoms with Crippen molar-refractivity contribution in [2.75, 3.05) is 31.2 Å². The number of phosphoric acid groups is 1. The Morgan fingerprint density at radius 2 is 1.88 bits per heavy atom. The van der Waals surface area contributed by atoms with Gasteiger partial charge in [0.2, 0.25) is 0 Å². The molecule has 41 heavy (non-hydrogen) atoms. The van der Waals surface area contributed by atoms with E-state index in [4.69, 9.17) is 9.63 Å². The number of nitrogens with zero attached hydrogens (tertiary/aromatic N) is 4. The fourth-order valence-electron chi connectivity index (χ4n) is 4.53. The van der Waals surface area contributed by atoms with Gasteiger partial charge in [0.1, 0.15) is 18.2 Å². The summed E-state index contributed by atoms with van der Waals surface area (Å²) in [6.07, 6.45) is -0.445. The van der Waals surface area contributed by atoms with Gasteiger partial charge in [-0.1, -0.05) is 12.1 Å². The van der Waals surface area contributed by atoms with Crippen LogP contribution in [0.2, 0.25) is 0 Å². The van der Waals surface area contributed by atoms with Crippen LogP contribution in [-0.4, -0.2) is 45.3 Å². The standard InChI is InChI=1S/C25H23F4N4O6P.Na/c26-23-17(2-1-3-21(23)25(27,28)29)13-32-5-4-16(10-22(32)34)20-14-33(15-39-40(35,36)37)24-19(20)11-18(12-30-24)31-6-8-38-9-7-31;/h1-5,10-12,14H,6-9,13,15H2,(H2,35,36,37);/q;+1/p-1. The van der Waals surface area contributed by atoms with E-state index in [-0.39, 0.29) is 35.1 Å². The maximum Gasteiger partial charge on any atom is 1.00 e. The molecule has 0 aliphatic carbocycles. The number of hydrogen-bond donors (Lipinski definition) is 1. The molecule has 1 N–H and O–H groups in total. The molecule has 16 heteroatoms. The van der Waals surface area contributed by atoms with Crippen LogP contribution in [0, 0.1) is 5.82 Å². The molecule has 10 nitrogen and oxygen atoms in total. The van der Waals surface area contributed by atoms with E-state index in [1.807, 2.05) is 6.07 Å². The number of aromatic nitrogens is 3. The number of benzene rings is 1. The summed E-state index contributed by atoms with van der Waals surface area (Å²) >= 11 is 0. The number of ether oxygens (including phenoxy) is 1. The van der Waals surface area contributed by atoms with Gasteiger partial charge in [0.25, 0.3) is 13.4 Å². The van der Waals surface area contributed by atoms with Gasteiger partial charge >= 0.3 is 35.7 Å². The molecular weight excluding hydrogens is 582 g/mol. The second-order valence-electron chi connectivity index (χ2n) is 9.06. The zero-order valence-corrected chi connectivity index (χ0v) is 24.6. The van der Waals surface area contributed by atoms with Gasteiger partial charge in [0, 0.05) is 48.1 Å². The first-order valence-corrected chi connectivity index (χ1v) is 13.5. The van der Waals surface area contributed by atoms with Crippen LogP contribution in [0.1, 0.15) is 11.1 Å². The van der Waals surface area contributed by atoms with Crippen LogP contribution < -0.4 is 44.9 Å². The van der Waals surface area contributed by atoms with Gasteiger partial charge in [-0.2, -0.15) is 13.2 Å². The summed E-state index contributed by atoms with van der Waals surface area (Å²) in [6, 6.07) is 7.46. The minimum Gasteiger partial charge on any atom is -0.756 e. The molecule has 4 aromatic rings. The first-order valence-electron chi connectivity index (χ1n) is 12.0. The second kappa shape index (κ2) is 12.4. The molecule has 0 amide bonds. The molecule has 3 aromatic heterocycles. The summed E-state index contributed by atoms with van der Waals surface area (Å²) in [5.41, 5.74) is -0.374. The van der Waals surface area contributed by atoms with E-state index in [0.717, 1.165) is 16.3 Å². The summed E-state index contributed by atoms with van der Waals surface area (Å²) in [4.78, 5) is 39.7. The molecule has 0 bridgehead atoms. The minimum atomic E-state index is -5.04. The third-order valence-electron chi connectivity index (χ3n) is 6.47. The van der Waals surface area contributed by atoms with Gasteiger partial charge in [0.15, 0.2) is 0 Å². The van der Waals surface area contributed by atoms with Crippen molar-refractivity contribution in [3.63, 3.8) is 0 Å². The molecule has 1 aromatic carbocycles. The van der Waals surface area contributed by atoms with E-state index in [9.17, 15) is 31.8 Å². The van der Waals surface area contributed by atoms with Crippen LogP contribution in [-0.2, 0) is 33.3 Å². The SMILES string of the molecule is O=c1cc(-c2cn(COP(=O)([O-])O)c3ncc(N4CCOCC4)cc23)ccn1Cc1cccc(C(F)(F)F)c1F.[Na+]. The molecule has 1 aliphatic heterocycles. The van der Waals surface area contributed by atoms with E-state index in [1.54, 1.807) is 6.20 Å². The third kappa shape index (κ3) is 7.09. The van der Waals surface area contributed by atoms with Crippen molar-refractivity contribution in [3.8, 4) is 11.1 Å². The Morgan fingerprint density at radius 3 is 2.54 bits per heavy atom. The number of pyridine rings is 2. The van der Waals surface area contributed by atoms with Crippen LogP contribution >= 0.6 is 7.82 Å². The normalized spacial score (nSPS) is 15.5. The number of alkyl halides is 3. The topological polar surface area (TPSA) is 122 Å². The maximum atomic E-state index is 14.5. The van der Waals surface area contributed by atoms with Gasteiger partial charge in [-0.15, -0.1) is 0 Å². The number of anilines is 1.